The molecule has 2 heterocycles. The van der Waals surface area contributed by atoms with Gasteiger partial charge in [-0.25, -0.2) is 9.97 Å². The first kappa shape index (κ1) is 24.5. The largest absolute Gasteiger partial charge is 0.437 e. The maximum Gasteiger partial charge on any atom is 0.247 e. The molecule has 2 aromatic carbocycles. The molecular weight excluding hydrogens is 464 g/mol. The molecule has 0 atom stereocenters. The Morgan fingerprint density at radius 3 is 2.57 bits per heavy atom. The quantitative estimate of drug-likeness (QED) is 0.290. The fraction of sp³-hybridized carbons (Fsp3) is 0.276. The van der Waals surface area contributed by atoms with E-state index in [1.807, 2.05) is 63.6 Å². The van der Waals surface area contributed by atoms with Gasteiger partial charge in [0.15, 0.2) is 0 Å². The zero-order valence-corrected chi connectivity index (χ0v) is 21.5. The maximum atomic E-state index is 12.4. The molecule has 1 fully saturated rings. The Kier molecular flexibility index (Phi) is 6.92. The number of furan rings is 1. The maximum absolute atomic E-state index is 12.4. The average Bonchev–Trinajstić information content (AvgIpc) is 3.63. The van der Waals surface area contributed by atoms with Gasteiger partial charge in [0, 0.05) is 37.3 Å². The number of likely N-dealkylation sites (N-methyl/N-ethyl adjacent to an activating group) is 2. The van der Waals surface area contributed by atoms with Crippen molar-refractivity contribution in [2.24, 2.45) is 0 Å². The van der Waals surface area contributed by atoms with Gasteiger partial charge < -0.3 is 24.9 Å². The molecule has 0 bridgehead atoms. The number of rotatable bonds is 10. The van der Waals surface area contributed by atoms with E-state index in [2.05, 4.69) is 43.0 Å². The van der Waals surface area contributed by atoms with E-state index in [4.69, 9.17) is 4.42 Å². The van der Waals surface area contributed by atoms with Gasteiger partial charge in [0.2, 0.25) is 11.6 Å². The van der Waals surface area contributed by atoms with Crippen LogP contribution >= 0.6 is 0 Å². The Hall–Kier alpha value is -4.17. The van der Waals surface area contributed by atoms with Crippen LogP contribution in [0.3, 0.4) is 0 Å². The number of nitrogens with one attached hydrogen (secondary N) is 2. The monoisotopic (exact) mass is 496 g/mol. The lowest BCUT2D eigenvalue weighted by Gasteiger charge is -2.25. The summed E-state index contributed by atoms with van der Waals surface area (Å²) >= 11 is 0. The van der Waals surface area contributed by atoms with Crippen LogP contribution in [0.4, 0.5) is 17.2 Å². The van der Waals surface area contributed by atoms with Crippen molar-refractivity contribution in [1.82, 2.24) is 14.9 Å². The minimum atomic E-state index is -0.265. The first-order valence-corrected chi connectivity index (χ1v) is 12.5. The zero-order valence-electron chi connectivity index (χ0n) is 21.5. The van der Waals surface area contributed by atoms with E-state index in [9.17, 15) is 4.79 Å². The lowest BCUT2D eigenvalue weighted by atomic mass is 9.98. The third-order valence-corrected chi connectivity index (χ3v) is 6.46. The molecule has 37 heavy (non-hydrogen) atoms. The second kappa shape index (κ2) is 10.4. The highest BCUT2D eigenvalue weighted by Crippen LogP contribution is 2.45. The first-order valence-electron chi connectivity index (χ1n) is 12.5. The van der Waals surface area contributed by atoms with E-state index in [1.165, 1.54) is 12.4 Å². The van der Waals surface area contributed by atoms with Gasteiger partial charge in [0.05, 0.1) is 16.8 Å². The molecule has 1 aliphatic rings. The SMILES string of the molecule is C=CC(=O)Nc1cc(-c2c(-c3ccccc3)oc3ncnc(NC4CC4)c23)ccc1N(C)CCN(C)C. The number of aromatic nitrogens is 2. The summed E-state index contributed by atoms with van der Waals surface area (Å²) in [5.41, 5.74) is 4.87. The predicted molar refractivity (Wildman–Crippen MR) is 150 cm³/mol. The van der Waals surface area contributed by atoms with Crippen molar-refractivity contribution in [3.63, 3.8) is 0 Å². The summed E-state index contributed by atoms with van der Waals surface area (Å²) in [7, 11) is 6.11. The van der Waals surface area contributed by atoms with E-state index < -0.39 is 0 Å². The number of benzene rings is 2. The van der Waals surface area contributed by atoms with Crippen LogP contribution in [0, 0.1) is 0 Å². The number of hydrogen-bond donors (Lipinski definition) is 2. The van der Waals surface area contributed by atoms with Crippen molar-refractivity contribution < 1.29 is 9.21 Å². The second-order valence-electron chi connectivity index (χ2n) is 9.64. The summed E-state index contributed by atoms with van der Waals surface area (Å²) in [4.78, 5) is 25.7. The van der Waals surface area contributed by atoms with Crippen molar-refractivity contribution in [3.05, 3.63) is 67.5 Å². The van der Waals surface area contributed by atoms with Crippen molar-refractivity contribution in [2.75, 3.05) is 49.8 Å². The van der Waals surface area contributed by atoms with Crippen LogP contribution in [0.1, 0.15) is 12.8 Å². The summed E-state index contributed by atoms with van der Waals surface area (Å²) < 4.78 is 6.36. The van der Waals surface area contributed by atoms with Gasteiger partial charge in [-0.3, -0.25) is 4.79 Å². The highest BCUT2D eigenvalue weighted by molar-refractivity contribution is 6.08. The summed E-state index contributed by atoms with van der Waals surface area (Å²) in [6.45, 7) is 5.31. The van der Waals surface area contributed by atoms with Gasteiger partial charge in [-0.2, -0.15) is 0 Å². The Labute approximate surface area is 217 Å². The fourth-order valence-electron chi connectivity index (χ4n) is 4.31. The molecule has 190 valence electrons. The van der Waals surface area contributed by atoms with Gasteiger partial charge in [0.25, 0.3) is 0 Å². The molecule has 0 radical (unpaired) electrons. The van der Waals surface area contributed by atoms with Crippen molar-refractivity contribution >= 4 is 34.2 Å². The molecule has 1 aliphatic carbocycles. The Morgan fingerprint density at radius 2 is 1.86 bits per heavy atom. The van der Waals surface area contributed by atoms with Crippen molar-refractivity contribution in [2.45, 2.75) is 18.9 Å². The lowest BCUT2D eigenvalue weighted by molar-refractivity contribution is -0.111. The fourth-order valence-corrected chi connectivity index (χ4v) is 4.31. The minimum Gasteiger partial charge on any atom is -0.437 e. The van der Waals surface area contributed by atoms with Crippen LogP contribution < -0.4 is 15.5 Å². The number of amides is 1. The number of carbonyl (C=O) groups excluding carboxylic acids is 1. The highest BCUT2D eigenvalue weighted by Gasteiger charge is 2.27. The van der Waals surface area contributed by atoms with Gasteiger partial charge in [-0.1, -0.05) is 43.0 Å². The van der Waals surface area contributed by atoms with Crippen LogP contribution in [0.5, 0.6) is 0 Å². The Bertz CT molecular complexity index is 1430. The number of carbonyl (C=O) groups is 1. The zero-order chi connectivity index (χ0) is 25.9. The number of nitrogens with zero attached hydrogens (tertiary/aromatic N) is 4. The summed E-state index contributed by atoms with van der Waals surface area (Å²) in [5, 5.41) is 7.38. The average molecular weight is 497 g/mol. The number of anilines is 3. The number of hydrogen-bond acceptors (Lipinski definition) is 7. The summed E-state index contributed by atoms with van der Waals surface area (Å²) in [6.07, 6.45) is 5.06. The van der Waals surface area contributed by atoms with E-state index in [0.29, 0.717) is 23.2 Å². The topological polar surface area (TPSA) is 86.5 Å². The van der Waals surface area contributed by atoms with Crippen molar-refractivity contribution in [3.8, 4) is 22.5 Å². The van der Waals surface area contributed by atoms with Crippen LogP contribution in [0.15, 0.2) is 71.9 Å². The summed E-state index contributed by atoms with van der Waals surface area (Å²) in [6, 6.07) is 16.5. The third-order valence-electron chi connectivity index (χ3n) is 6.46. The third kappa shape index (κ3) is 5.34. The predicted octanol–water partition coefficient (Wildman–Crippen LogP) is 5.25. The van der Waals surface area contributed by atoms with E-state index >= 15 is 0 Å². The van der Waals surface area contributed by atoms with Crippen LogP contribution in [-0.2, 0) is 4.79 Å². The Morgan fingerprint density at radius 1 is 1.08 bits per heavy atom. The molecule has 2 N–H and O–H groups in total. The smallest absolute Gasteiger partial charge is 0.247 e. The second-order valence-corrected chi connectivity index (χ2v) is 9.64. The van der Waals surface area contributed by atoms with Crippen LogP contribution in [0.2, 0.25) is 0 Å². The Balaban J connectivity index is 1.69. The molecular formula is C29H32N6O2. The van der Waals surface area contributed by atoms with Gasteiger partial charge in [0.1, 0.15) is 17.9 Å². The molecule has 5 rings (SSSR count). The highest BCUT2D eigenvalue weighted by atomic mass is 16.3. The molecule has 1 saturated carbocycles. The minimum absolute atomic E-state index is 0.265. The molecule has 1 amide bonds. The van der Waals surface area contributed by atoms with Gasteiger partial charge in [-0.05, 0) is 50.7 Å². The molecule has 0 unspecified atom stereocenters. The van der Waals surface area contributed by atoms with Gasteiger partial charge >= 0.3 is 0 Å². The molecule has 0 aliphatic heterocycles. The summed E-state index contributed by atoms with van der Waals surface area (Å²) in [5.74, 6) is 1.21. The van der Waals surface area contributed by atoms with E-state index in [-0.39, 0.29) is 5.91 Å². The first-order chi connectivity index (χ1) is 17.9. The standard InChI is InChI=1S/C29H32N6O2/c1-5-24(36)33-22-17-20(11-14-23(22)35(4)16-15-34(2)3)25-26-28(32-21-12-13-21)30-18-31-29(26)37-27(25)19-9-7-6-8-10-19/h5-11,14,17-18,21H,1,12-13,15-16H2,2-4H3,(H,33,36)(H,30,31,32). The number of fused-ring (bicyclic) bond motifs is 1. The molecule has 8 nitrogen and oxygen atoms in total. The molecule has 8 heteroatoms. The molecule has 2 aromatic heterocycles. The van der Waals surface area contributed by atoms with Crippen molar-refractivity contribution in [1.29, 1.82) is 0 Å². The van der Waals surface area contributed by atoms with Crippen LogP contribution in [0.25, 0.3) is 33.6 Å². The lowest BCUT2D eigenvalue weighted by Crippen LogP contribution is -2.29. The molecule has 0 saturated heterocycles. The molecule has 4 aromatic rings. The van der Waals surface area contributed by atoms with E-state index in [1.54, 1.807) is 0 Å². The van der Waals surface area contributed by atoms with Crippen LogP contribution in [-0.4, -0.2) is 61.0 Å². The van der Waals surface area contributed by atoms with E-state index in [0.717, 1.165) is 59.5 Å². The van der Waals surface area contributed by atoms with Gasteiger partial charge in [-0.15, -0.1) is 0 Å². The molecule has 0 spiro atoms. The normalized spacial score (nSPS) is 13.1.